The van der Waals surface area contributed by atoms with Crippen molar-refractivity contribution in [1.29, 1.82) is 0 Å². The van der Waals surface area contributed by atoms with Crippen LogP contribution >= 0.6 is 0 Å². The first-order valence-electron chi connectivity index (χ1n) is 16.1. The summed E-state index contributed by atoms with van der Waals surface area (Å²) in [5, 5.41) is 22.4. The Morgan fingerprint density at radius 1 is 0.565 bits per heavy atom. The van der Waals surface area contributed by atoms with Crippen molar-refractivity contribution in [3.8, 4) is 22.6 Å². The molecule has 46 heavy (non-hydrogen) atoms. The number of phenolic OH excluding ortho intramolecular Hbond substituents is 2. The molecule has 0 saturated heterocycles. The summed E-state index contributed by atoms with van der Waals surface area (Å²) in [6.07, 6.45) is 0. The summed E-state index contributed by atoms with van der Waals surface area (Å²) < 4.78 is 2.23. The number of benzene rings is 4. The van der Waals surface area contributed by atoms with Gasteiger partial charge < -0.3 is 15.9 Å². The first-order valence-corrected chi connectivity index (χ1v) is 17.2. The first kappa shape index (κ1) is 39.0. The third-order valence-electron chi connectivity index (χ3n) is 8.86. The topological polar surface area (TPSA) is 66.5 Å². The van der Waals surface area contributed by atoms with Gasteiger partial charge in [0.05, 0.1) is 0 Å². The molecule has 244 valence electrons. The van der Waals surface area contributed by atoms with Crippen LogP contribution in [0.4, 0.5) is 5.69 Å². The van der Waals surface area contributed by atoms with Gasteiger partial charge in [-0.3, -0.25) is 0 Å². The molecule has 0 atom stereocenters. The van der Waals surface area contributed by atoms with Gasteiger partial charge in [0.25, 0.3) is 0 Å². The van der Waals surface area contributed by atoms with Crippen LogP contribution in [0.25, 0.3) is 11.1 Å². The fraction of sp³-hybridized carbons (Fsp3) is 0.405. The Bertz CT molecular complexity index is 1580. The number of nitrogens with two attached hydrogens (primary N) is 1. The summed E-state index contributed by atoms with van der Waals surface area (Å²) in [7, 11) is 0. The monoisotopic (exact) mass is 705 g/mol. The quantitative estimate of drug-likeness (QED) is 0.147. The molecule has 0 heterocycles. The third kappa shape index (κ3) is 9.22. The van der Waals surface area contributed by atoms with Gasteiger partial charge >= 0.3 is 78.9 Å². The molecule has 0 aliphatic carbocycles. The van der Waals surface area contributed by atoms with Gasteiger partial charge in [0.1, 0.15) is 11.5 Å². The molecule has 4 aromatic carbocycles. The third-order valence-corrected chi connectivity index (χ3v) is 10.3. The minimum atomic E-state index is -0.183. The molecule has 0 aliphatic heterocycles. The zero-order chi connectivity index (χ0) is 35.4. The Labute approximate surface area is 290 Å². The number of aryl methyl sites for hydroxylation is 4. The molecule has 0 spiro atoms. The summed E-state index contributed by atoms with van der Waals surface area (Å²) in [6.45, 7) is 29.3. The molecule has 0 aliphatic rings. The molecule has 0 unspecified atom stereocenters. The summed E-state index contributed by atoms with van der Waals surface area (Å²) in [4.78, 5) is 0. The van der Waals surface area contributed by atoms with E-state index >= 15 is 0 Å². The predicted molar refractivity (Wildman–Crippen MR) is 197 cm³/mol. The first-order chi connectivity index (χ1) is 21.1. The van der Waals surface area contributed by atoms with Gasteiger partial charge in [-0.05, 0) is 85.8 Å². The van der Waals surface area contributed by atoms with Crippen LogP contribution in [0.5, 0.6) is 11.5 Å². The Hall–Kier alpha value is -3.16. The van der Waals surface area contributed by atoms with Crippen LogP contribution in [0.3, 0.4) is 0 Å². The van der Waals surface area contributed by atoms with Crippen LogP contribution in [0.15, 0.2) is 60.7 Å². The van der Waals surface area contributed by atoms with Crippen LogP contribution in [0.1, 0.15) is 105 Å². The number of rotatable bonds is 3. The largest absolute Gasteiger partial charge is 0.507 e. The van der Waals surface area contributed by atoms with Crippen molar-refractivity contribution in [3.63, 3.8) is 0 Å². The Kier molecular flexibility index (Phi) is 12.9. The molecular formula is C42H57MoNO2+4. The maximum Gasteiger partial charge on any atom is 0.127 e. The van der Waals surface area contributed by atoms with E-state index in [9.17, 15) is 10.2 Å². The minimum absolute atomic E-state index is 0.183. The van der Waals surface area contributed by atoms with Crippen molar-refractivity contribution in [2.45, 2.75) is 113 Å². The maximum absolute atomic E-state index is 11.2. The second-order valence-electron chi connectivity index (χ2n) is 15.2. The molecule has 4 heteroatoms. The Morgan fingerprint density at radius 3 is 1.24 bits per heavy atom. The van der Waals surface area contributed by atoms with E-state index < -0.39 is 0 Å². The van der Waals surface area contributed by atoms with Crippen LogP contribution < -0.4 is 5.73 Å². The number of hydrogen-bond acceptors (Lipinski definition) is 3. The smallest absolute Gasteiger partial charge is 0.127 e. The summed E-state index contributed by atoms with van der Waals surface area (Å²) in [5.41, 5.74) is 17.8. The average Bonchev–Trinajstić information content (AvgIpc) is 2.97. The zero-order valence-corrected chi connectivity index (χ0v) is 32.7. The van der Waals surface area contributed by atoms with E-state index in [4.69, 9.17) is 5.73 Å². The normalized spacial score (nSPS) is 11.7. The van der Waals surface area contributed by atoms with Crippen molar-refractivity contribution in [1.82, 2.24) is 0 Å². The fourth-order valence-corrected chi connectivity index (χ4v) is 5.66. The molecule has 0 amide bonds. The van der Waals surface area contributed by atoms with Gasteiger partial charge in [0.15, 0.2) is 0 Å². The number of phenols is 2. The molecule has 4 N–H and O–H groups in total. The fourth-order valence-electron chi connectivity index (χ4n) is 5.32. The van der Waals surface area contributed by atoms with Crippen molar-refractivity contribution < 1.29 is 29.6 Å². The molecule has 4 aromatic rings. The van der Waals surface area contributed by atoms with Crippen LogP contribution in [-0.4, -0.2) is 14.6 Å². The predicted octanol–water partition coefficient (Wildman–Crippen LogP) is 10.8. The van der Waals surface area contributed by atoms with E-state index in [1.54, 1.807) is 0 Å². The molecule has 0 radical (unpaired) electrons. The van der Waals surface area contributed by atoms with Gasteiger partial charge in [-0.2, -0.15) is 0 Å². The van der Waals surface area contributed by atoms with E-state index in [2.05, 4.69) is 116 Å². The Balaban J connectivity index is 0.000000299. The molecule has 3 nitrogen and oxygen atoms in total. The van der Waals surface area contributed by atoms with Crippen LogP contribution in [0, 0.1) is 41.5 Å². The van der Waals surface area contributed by atoms with E-state index in [1.165, 1.54) is 5.56 Å². The van der Waals surface area contributed by atoms with Crippen LogP contribution in [-0.2, 0) is 35.6 Å². The number of anilines is 1. The molecule has 0 aromatic heterocycles. The SMILES string of the molecule is CC(C)([CH]=[Mo+4])c1ccccc1.Cc1cc(C(C)(C)C)c(O)c(-c2c(C)c(C)cc(C(C)(C)C)c2O)c1C.Cc1cccc(C)c1N. The van der Waals surface area contributed by atoms with E-state index in [1.807, 2.05) is 65.2 Å². The molecule has 0 saturated carbocycles. The number of hydrogen-bond donors (Lipinski definition) is 3. The standard InChI is InChI=1S/C24H34O2.C10H12.C8H11N.Mo/c1-13-11-17(23(5,6)7)21(25)19(15(13)3)20-16(4)14(2)12-18(22(20)26)24(8,9)10;1-10(2,3)9-7-5-4-6-8-9;1-6-4-3-5-7(2)8(6)9;/h11-12,25-26H,1-10H3;1,4-8H,2-3H3;3-5H,9H2,1-2H3;/q;;;+4. The summed E-state index contributed by atoms with van der Waals surface area (Å²) >= 11 is 2.04. The summed E-state index contributed by atoms with van der Waals surface area (Å²) in [6, 6.07) is 20.7. The van der Waals surface area contributed by atoms with Crippen molar-refractivity contribution in [2.24, 2.45) is 0 Å². The second-order valence-corrected chi connectivity index (χ2v) is 15.8. The maximum atomic E-state index is 11.2. The van der Waals surface area contributed by atoms with Crippen LogP contribution in [0.2, 0.25) is 0 Å². The van der Waals surface area contributed by atoms with E-state index in [0.717, 1.165) is 61.3 Å². The van der Waals surface area contributed by atoms with Gasteiger partial charge in [-0.25, -0.2) is 0 Å². The van der Waals surface area contributed by atoms with Gasteiger partial charge in [-0.15, -0.1) is 0 Å². The average molecular weight is 704 g/mol. The van der Waals surface area contributed by atoms with Gasteiger partial charge in [0, 0.05) is 27.9 Å². The molecule has 4 rings (SSSR count). The van der Waals surface area contributed by atoms with Crippen molar-refractivity contribution >= 4 is 10.1 Å². The molecule has 0 bridgehead atoms. The van der Waals surface area contributed by atoms with Gasteiger partial charge in [-0.1, -0.05) is 71.9 Å². The molecular weight excluding hydrogens is 646 g/mol. The van der Waals surface area contributed by atoms with Crippen molar-refractivity contribution in [2.75, 3.05) is 5.73 Å². The number of para-hydroxylation sites is 1. The Morgan fingerprint density at radius 2 is 0.935 bits per heavy atom. The minimum Gasteiger partial charge on any atom is -0.507 e. The van der Waals surface area contributed by atoms with E-state index in [0.29, 0.717) is 0 Å². The molecule has 0 fully saturated rings. The number of aromatic hydroxyl groups is 2. The van der Waals surface area contributed by atoms with Gasteiger partial charge in [0.2, 0.25) is 0 Å². The summed E-state index contributed by atoms with van der Waals surface area (Å²) in [5.74, 6) is 0.564. The van der Waals surface area contributed by atoms with E-state index in [-0.39, 0.29) is 27.7 Å². The zero-order valence-electron chi connectivity index (χ0n) is 30.7. The van der Waals surface area contributed by atoms with Crippen molar-refractivity contribution in [3.05, 3.63) is 111 Å². The second kappa shape index (κ2) is 15.2. The number of nitrogen functional groups attached to an aromatic ring is 1.